The third-order valence-electron chi connectivity index (χ3n) is 1.38. The molecule has 0 radical (unpaired) electrons. The molecule has 0 aromatic heterocycles. The van der Waals surface area contributed by atoms with Gasteiger partial charge in [0.05, 0.1) is 12.6 Å². The second-order valence-electron chi connectivity index (χ2n) is 2.07. The van der Waals surface area contributed by atoms with Crippen LogP contribution in [-0.4, -0.2) is 12.6 Å². The summed E-state index contributed by atoms with van der Waals surface area (Å²) in [4.78, 5) is 4.99. The van der Waals surface area contributed by atoms with Gasteiger partial charge in [0.1, 0.15) is 5.76 Å². The van der Waals surface area contributed by atoms with Crippen LogP contribution in [0.15, 0.2) is 11.8 Å². The lowest BCUT2D eigenvalue weighted by Gasteiger charge is -2.07. The van der Waals surface area contributed by atoms with Gasteiger partial charge in [0.2, 0.25) is 0 Å². The van der Waals surface area contributed by atoms with Crippen molar-refractivity contribution in [2.24, 2.45) is 5.73 Å². The largest absolute Gasteiger partial charge is 0.412 e. The molecule has 3 heteroatoms. The van der Waals surface area contributed by atoms with E-state index in [1.54, 1.807) is 0 Å². The number of hydrogen-bond acceptors (Lipinski definition) is 3. The van der Waals surface area contributed by atoms with Gasteiger partial charge < -0.3 is 10.6 Å². The van der Waals surface area contributed by atoms with Gasteiger partial charge in [-0.25, -0.2) is 0 Å². The maximum absolute atomic E-state index is 5.64. The second-order valence-corrected chi connectivity index (χ2v) is 2.07. The zero-order chi connectivity index (χ0) is 6.69. The maximum atomic E-state index is 5.64. The van der Waals surface area contributed by atoms with Crippen LogP contribution in [0.1, 0.15) is 13.3 Å². The number of hydrogen-bond donors (Lipinski definition) is 2. The highest BCUT2D eigenvalue weighted by atomic mass is 16.7. The van der Waals surface area contributed by atoms with Crippen molar-refractivity contribution in [3.63, 3.8) is 0 Å². The summed E-state index contributed by atoms with van der Waals surface area (Å²) in [6.45, 7) is 2.82. The Labute approximate surface area is 54.8 Å². The van der Waals surface area contributed by atoms with Crippen LogP contribution >= 0.6 is 0 Å². The molecule has 0 fully saturated rings. The smallest absolute Gasteiger partial charge is 0.138 e. The maximum Gasteiger partial charge on any atom is 0.138 e. The Bertz CT molecular complexity index is 122. The minimum Gasteiger partial charge on any atom is -0.412 e. The number of nitrogens with two attached hydrogens (primary N) is 1. The van der Waals surface area contributed by atoms with E-state index in [0.717, 1.165) is 18.7 Å². The Balaban J connectivity index is 2.40. The van der Waals surface area contributed by atoms with Gasteiger partial charge in [0.25, 0.3) is 0 Å². The molecule has 52 valence electrons. The first kappa shape index (κ1) is 6.58. The summed E-state index contributed by atoms with van der Waals surface area (Å²) in [6.07, 6.45) is 2.89. The Morgan fingerprint density at radius 3 is 3.22 bits per heavy atom. The normalized spacial score (nSPS) is 20.9. The SMILES string of the molecule is CCC(N)C1=CCNO1. The van der Waals surface area contributed by atoms with Gasteiger partial charge in [-0.1, -0.05) is 6.92 Å². The van der Waals surface area contributed by atoms with Gasteiger partial charge in [-0.15, -0.1) is 0 Å². The van der Waals surface area contributed by atoms with Crippen LogP contribution < -0.4 is 11.2 Å². The van der Waals surface area contributed by atoms with Crippen molar-refractivity contribution in [3.8, 4) is 0 Å². The minimum absolute atomic E-state index is 0.0694. The predicted octanol–water partition coefficient (Wildman–Crippen LogP) is 0.142. The number of hydroxylamine groups is 1. The first-order chi connectivity index (χ1) is 4.34. The van der Waals surface area contributed by atoms with Crippen LogP contribution in [0.5, 0.6) is 0 Å². The van der Waals surface area contributed by atoms with E-state index in [0.29, 0.717) is 0 Å². The molecule has 0 aliphatic carbocycles. The third-order valence-corrected chi connectivity index (χ3v) is 1.38. The molecule has 1 aliphatic rings. The molecule has 1 unspecified atom stereocenters. The molecule has 0 spiro atoms. The Kier molecular flexibility index (Phi) is 2.08. The fourth-order valence-electron chi connectivity index (χ4n) is 0.737. The summed E-state index contributed by atoms with van der Waals surface area (Å²) in [6, 6.07) is 0.0694. The highest BCUT2D eigenvalue weighted by Gasteiger charge is 2.11. The molecule has 1 rings (SSSR count). The number of nitrogens with one attached hydrogen (secondary N) is 1. The standard InChI is InChI=1S/C6H12N2O/c1-2-5(7)6-3-4-8-9-6/h3,5,8H,2,4,7H2,1H3. The first-order valence-electron chi connectivity index (χ1n) is 3.20. The van der Waals surface area contributed by atoms with Crippen LogP contribution in [0.4, 0.5) is 0 Å². The monoisotopic (exact) mass is 128 g/mol. The summed E-state index contributed by atoms with van der Waals surface area (Å²) in [5, 5.41) is 0. The van der Waals surface area contributed by atoms with E-state index in [-0.39, 0.29) is 6.04 Å². The van der Waals surface area contributed by atoms with E-state index in [9.17, 15) is 0 Å². The summed E-state index contributed by atoms with van der Waals surface area (Å²) in [5.41, 5.74) is 8.36. The van der Waals surface area contributed by atoms with Gasteiger partial charge in [-0.05, 0) is 12.5 Å². The van der Waals surface area contributed by atoms with Gasteiger partial charge in [-0.2, -0.15) is 5.48 Å². The highest BCUT2D eigenvalue weighted by molar-refractivity contribution is 5.04. The molecule has 1 aliphatic heterocycles. The van der Waals surface area contributed by atoms with Crippen LogP contribution in [-0.2, 0) is 4.84 Å². The molecular formula is C6H12N2O. The lowest BCUT2D eigenvalue weighted by Crippen LogP contribution is -2.23. The lowest BCUT2D eigenvalue weighted by atomic mass is 10.2. The Morgan fingerprint density at radius 2 is 2.78 bits per heavy atom. The van der Waals surface area contributed by atoms with Gasteiger partial charge in [0, 0.05) is 0 Å². The quantitative estimate of drug-likeness (QED) is 0.556. The van der Waals surface area contributed by atoms with Gasteiger partial charge in [-0.3, -0.25) is 0 Å². The van der Waals surface area contributed by atoms with Crippen molar-refractivity contribution < 1.29 is 4.84 Å². The molecule has 0 bridgehead atoms. The molecule has 0 amide bonds. The van der Waals surface area contributed by atoms with Crippen LogP contribution in [0, 0.1) is 0 Å². The van der Waals surface area contributed by atoms with Crippen LogP contribution in [0.25, 0.3) is 0 Å². The highest BCUT2D eigenvalue weighted by Crippen LogP contribution is 2.06. The molecular weight excluding hydrogens is 116 g/mol. The zero-order valence-electron chi connectivity index (χ0n) is 5.55. The van der Waals surface area contributed by atoms with E-state index in [4.69, 9.17) is 10.6 Å². The average Bonchev–Trinajstić information content (AvgIpc) is 2.37. The minimum atomic E-state index is 0.0694. The van der Waals surface area contributed by atoms with E-state index < -0.39 is 0 Å². The molecule has 0 aromatic carbocycles. The Hall–Kier alpha value is -0.540. The molecule has 9 heavy (non-hydrogen) atoms. The van der Waals surface area contributed by atoms with E-state index >= 15 is 0 Å². The van der Waals surface area contributed by atoms with Crippen LogP contribution in [0.3, 0.4) is 0 Å². The molecule has 1 heterocycles. The summed E-state index contributed by atoms with van der Waals surface area (Å²) in [7, 11) is 0. The molecule has 3 N–H and O–H groups in total. The summed E-state index contributed by atoms with van der Waals surface area (Å²) < 4.78 is 0. The van der Waals surface area contributed by atoms with Gasteiger partial charge >= 0.3 is 0 Å². The average molecular weight is 128 g/mol. The summed E-state index contributed by atoms with van der Waals surface area (Å²) in [5.74, 6) is 0.873. The van der Waals surface area contributed by atoms with Gasteiger partial charge in [0.15, 0.2) is 0 Å². The molecule has 0 saturated carbocycles. The number of rotatable bonds is 2. The first-order valence-corrected chi connectivity index (χ1v) is 3.20. The lowest BCUT2D eigenvalue weighted by molar-refractivity contribution is 0.125. The fraction of sp³-hybridized carbons (Fsp3) is 0.667. The van der Waals surface area contributed by atoms with Crippen LogP contribution in [0.2, 0.25) is 0 Å². The van der Waals surface area contributed by atoms with Crippen molar-refractivity contribution in [1.82, 2.24) is 5.48 Å². The summed E-state index contributed by atoms with van der Waals surface area (Å²) >= 11 is 0. The fourth-order valence-corrected chi connectivity index (χ4v) is 0.737. The topological polar surface area (TPSA) is 47.3 Å². The molecule has 1 atom stereocenters. The third kappa shape index (κ3) is 1.43. The van der Waals surface area contributed by atoms with Crippen molar-refractivity contribution >= 4 is 0 Å². The van der Waals surface area contributed by atoms with E-state index in [2.05, 4.69) is 5.48 Å². The zero-order valence-corrected chi connectivity index (χ0v) is 5.55. The van der Waals surface area contributed by atoms with Crippen molar-refractivity contribution in [2.75, 3.05) is 6.54 Å². The van der Waals surface area contributed by atoms with Crippen molar-refractivity contribution in [3.05, 3.63) is 11.8 Å². The predicted molar refractivity (Wildman–Crippen MR) is 35.4 cm³/mol. The molecule has 3 nitrogen and oxygen atoms in total. The second kappa shape index (κ2) is 2.85. The van der Waals surface area contributed by atoms with Crippen molar-refractivity contribution in [1.29, 1.82) is 0 Å². The molecule has 0 aromatic rings. The molecule has 0 saturated heterocycles. The van der Waals surface area contributed by atoms with E-state index in [1.165, 1.54) is 0 Å². The van der Waals surface area contributed by atoms with Crippen molar-refractivity contribution in [2.45, 2.75) is 19.4 Å². The van der Waals surface area contributed by atoms with E-state index in [1.807, 2.05) is 13.0 Å². The Morgan fingerprint density at radius 1 is 2.00 bits per heavy atom.